The monoisotopic (exact) mass is 414 g/mol. The molecule has 2 aromatic rings. The number of fused-ring (bicyclic) bond motifs is 1. The normalized spacial score (nSPS) is 13.1. The summed E-state index contributed by atoms with van der Waals surface area (Å²) in [6.07, 6.45) is 5.45. The van der Waals surface area contributed by atoms with Crippen molar-refractivity contribution in [3.8, 4) is 6.07 Å². The minimum atomic E-state index is -0.406. The van der Waals surface area contributed by atoms with Crippen LogP contribution >= 0.6 is 23.1 Å². The Morgan fingerprint density at radius 2 is 1.96 bits per heavy atom. The molecule has 0 radical (unpaired) electrons. The molecular weight excluding hydrogens is 392 g/mol. The van der Waals surface area contributed by atoms with E-state index in [9.17, 15) is 14.9 Å². The number of hydrogen-bond acceptors (Lipinski definition) is 6. The van der Waals surface area contributed by atoms with Gasteiger partial charge < -0.3 is 10.1 Å². The molecule has 0 spiro atoms. The van der Waals surface area contributed by atoms with Crippen molar-refractivity contribution in [3.63, 3.8) is 0 Å². The predicted octanol–water partition coefficient (Wildman–Crippen LogP) is 4.55. The highest BCUT2D eigenvalue weighted by Gasteiger charge is 2.21. The van der Waals surface area contributed by atoms with Crippen molar-refractivity contribution in [3.05, 3.63) is 46.3 Å². The number of rotatable bonds is 7. The van der Waals surface area contributed by atoms with Crippen molar-refractivity contribution in [2.75, 3.05) is 17.7 Å². The summed E-state index contributed by atoms with van der Waals surface area (Å²) >= 11 is 3.05. The summed E-state index contributed by atoms with van der Waals surface area (Å²) in [4.78, 5) is 26.3. The Kier molecular flexibility index (Phi) is 7.52. The molecule has 5 nitrogen and oxygen atoms in total. The second-order valence-electron chi connectivity index (χ2n) is 6.50. The lowest BCUT2D eigenvalue weighted by Gasteiger charge is -2.06. The second-order valence-corrected chi connectivity index (χ2v) is 8.77. The molecule has 1 aromatic heterocycles. The van der Waals surface area contributed by atoms with Gasteiger partial charge in [0.2, 0.25) is 0 Å². The first-order valence-corrected chi connectivity index (χ1v) is 11.2. The van der Waals surface area contributed by atoms with Crippen molar-refractivity contribution in [2.24, 2.45) is 0 Å². The van der Waals surface area contributed by atoms with Gasteiger partial charge in [-0.05, 0) is 43.4 Å². The summed E-state index contributed by atoms with van der Waals surface area (Å²) < 4.78 is 5.07. The number of hydrogen-bond donors (Lipinski definition) is 1. The van der Waals surface area contributed by atoms with E-state index in [1.165, 1.54) is 22.6 Å². The number of anilines is 1. The van der Waals surface area contributed by atoms with Crippen LogP contribution in [0.2, 0.25) is 0 Å². The fourth-order valence-corrected chi connectivity index (χ4v) is 5.21. The molecule has 0 fully saturated rings. The summed E-state index contributed by atoms with van der Waals surface area (Å²) in [5.41, 5.74) is 1.65. The summed E-state index contributed by atoms with van der Waals surface area (Å²) in [5.74, 6) is -0.209. The van der Waals surface area contributed by atoms with Crippen LogP contribution in [-0.4, -0.2) is 24.2 Å². The third-order valence-corrected chi connectivity index (χ3v) is 6.69. The van der Waals surface area contributed by atoms with Crippen LogP contribution in [0.25, 0.3) is 0 Å². The number of aryl methyl sites for hydroxylation is 1. The quantitative estimate of drug-likeness (QED) is 0.408. The van der Waals surface area contributed by atoms with Gasteiger partial charge in [0.25, 0.3) is 5.91 Å². The SMILES string of the molecule is N#Cc1c(NC(=O)COC(=O)CCSc2ccccc2)sc2c1CCCCC2. The van der Waals surface area contributed by atoms with Gasteiger partial charge in [-0.2, -0.15) is 5.26 Å². The van der Waals surface area contributed by atoms with Gasteiger partial charge in [0.15, 0.2) is 6.61 Å². The molecule has 1 heterocycles. The van der Waals surface area contributed by atoms with Crippen molar-refractivity contribution in [1.82, 2.24) is 0 Å². The Bertz CT molecular complexity index is 872. The Morgan fingerprint density at radius 3 is 2.75 bits per heavy atom. The first-order chi connectivity index (χ1) is 13.7. The lowest BCUT2D eigenvalue weighted by atomic mass is 10.1. The highest BCUT2D eigenvalue weighted by molar-refractivity contribution is 7.99. The molecule has 0 saturated heterocycles. The molecule has 0 unspecified atom stereocenters. The minimum absolute atomic E-state index is 0.240. The number of carbonyl (C=O) groups excluding carboxylic acids is 2. The number of nitrogens with one attached hydrogen (secondary N) is 1. The zero-order valence-corrected chi connectivity index (χ0v) is 17.2. The molecule has 1 aliphatic carbocycles. The van der Waals surface area contributed by atoms with Crippen molar-refractivity contribution in [1.29, 1.82) is 5.26 Å². The number of ether oxygens (including phenoxy) is 1. The smallest absolute Gasteiger partial charge is 0.307 e. The van der Waals surface area contributed by atoms with Gasteiger partial charge in [-0.1, -0.05) is 24.6 Å². The maximum atomic E-state index is 12.2. The maximum absolute atomic E-state index is 12.2. The van der Waals surface area contributed by atoms with Gasteiger partial charge in [0.1, 0.15) is 11.1 Å². The molecule has 0 bridgehead atoms. The van der Waals surface area contributed by atoms with Gasteiger partial charge in [0, 0.05) is 15.5 Å². The number of esters is 1. The summed E-state index contributed by atoms with van der Waals surface area (Å²) in [6, 6.07) is 12.0. The zero-order chi connectivity index (χ0) is 19.8. The molecule has 28 heavy (non-hydrogen) atoms. The molecule has 1 aliphatic rings. The fraction of sp³-hybridized carbons (Fsp3) is 0.381. The van der Waals surface area contributed by atoms with Gasteiger partial charge in [-0.15, -0.1) is 23.1 Å². The molecule has 1 N–H and O–H groups in total. The molecule has 3 rings (SSSR count). The number of nitrogens with zero attached hydrogens (tertiary/aromatic N) is 1. The highest BCUT2D eigenvalue weighted by Crippen LogP contribution is 2.36. The van der Waals surface area contributed by atoms with Crippen LogP contribution in [0.1, 0.15) is 41.7 Å². The first-order valence-electron chi connectivity index (χ1n) is 9.35. The Labute approximate surface area is 173 Å². The predicted molar refractivity (Wildman–Crippen MR) is 112 cm³/mol. The van der Waals surface area contributed by atoms with E-state index in [2.05, 4.69) is 11.4 Å². The van der Waals surface area contributed by atoms with E-state index in [1.54, 1.807) is 11.8 Å². The largest absolute Gasteiger partial charge is 0.456 e. The Morgan fingerprint density at radius 1 is 1.18 bits per heavy atom. The van der Waals surface area contributed by atoms with Crippen molar-refractivity contribution >= 4 is 40.0 Å². The second kappa shape index (κ2) is 10.3. The number of thioether (sulfide) groups is 1. The first kappa shape index (κ1) is 20.4. The van der Waals surface area contributed by atoms with Crippen LogP contribution in [0.4, 0.5) is 5.00 Å². The van der Waals surface area contributed by atoms with Gasteiger partial charge in [-0.25, -0.2) is 0 Å². The van der Waals surface area contributed by atoms with E-state index in [0.29, 0.717) is 16.3 Å². The number of nitriles is 1. The Balaban J connectivity index is 1.45. The van der Waals surface area contributed by atoms with Gasteiger partial charge >= 0.3 is 5.97 Å². The van der Waals surface area contributed by atoms with Crippen LogP contribution < -0.4 is 5.32 Å². The molecule has 0 atom stereocenters. The van der Waals surface area contributed by atoms with Crippen LogP contribution in [0.5, 0.6) is 0 Å². The van der Waals surface area contributed by atoms with Crippen molar-refractivity contribution in [2.45, 2.75) is 43.4 Å². The number of amides is 1. The lowest BCUT2D eigenvalue weighted by molar-refractivity contribution is -0.146. The van der Waals surface area contributed by atoms with E-state index < -0.39 is 11.9 Å². The number of thiophene rings is 1. The molecule has 146 valence electrons. The third-order valence-electron chi connectivity index (χ3n) is 4.47. The van der Waals surface area contributed by atoms with Crippen LogP contribution in [0.15, 0.2) is 35.2 Å². The zero-order valence-electron chi connectivity index (χ0n) is 15.5. The molecule has 0 saturated carbocycles. The summed E-state index contributed by atoms with van der Waals surface area (Å²) in [7, 11) is 0. The molecular formula is C21H22N2O3S2. The van der Waals surface area contributed by atoms with Crippen molar-refractivity contribution < 1.29 is 14.3 Å². The average Bonchev–Trinajstić information content (AvgIpc) is 2.86. The molecule has 1 amide bonds. The lowest BCUT2D eigenvalue weighted by Crippen LogP contribution is -2.21. The Hall–Kier alpha value is -2.30. The van der Waals surface area contributed by atoms with E-state index in [0.717, 1.165) is 36.1 Å². The third kappa shape index (κ3) is 5.60. The number of carbonyl (C=O) groups is 2. The fourth-order valence-electron chi connectivity index (χ4n) is 3.10. The van der Waals surface area contributed by atoms with E-state index in [1.807, 2.05) is 30.3 Å². The minimum Gasteiger partial charge on any atom is -0.456 e. The van der Waals surface area contributed by atoms with E-state index in [-0.39, 0.29) is 13.0 Å². The van der Waals surface area contributed by atoms with Crippen LogP contribution in [0, 0.1) is 11.3 Å². The van der Waals surface area contributed by atoms with E-state index >= 15 is 0 Å². The highest BCUT2D eigenvalue weighted by atomic mass is 32.2. The summed E-state index contributed by atoms with van der Waals surface area (Å²) in [5, 5.41) is 12.8. The van der Waals surface area contributed by atoms with Crippen LogP contribution in [0.3, 0.4) is 0 Å². The van der Waals surface area contributed by atoms with E-state index in [4.69, 9.17) is 4.74 Å². The molecule has 7 heteroatoms. The number of benzene rings is 1. The molecule has 0 aliphatic heterocycles. The standard InChI is InChI=1S/C21H22N2O3S2/c22-13-17-16-9-5-2-6-10-18(16)28-21(17)23-19(24)14-26-20(25)11-12-27-15-7-3-1-4-8-15/h1,3-4,7-8H,2,5-6,9-12,14H2,(H,23,24). The topological polar surface area (TPSA) is 79.2 Å². The molecule has 1 aromatic carbocycles. The van der Waals surface area contributed by atoms with Crippen LogP contribution in [-0.2, 0) is 27.2 Å². The average molecular weight is 415 g/mol. The maximum Gasteiger partial charge on any atom is 0.307 e. The van der Waals surface area contributed by atoms with Gasteiger partial charge in [0.05, 0.1) is 12.0 Å². The van der Waals surface area contributed by atoms with Gasteiger partial charge in [-0.3, -0.25) is 9.59 Å². The summed E-state index contributed by atoms with van der Waals surface area (Å²) in [6.45, 7) is -0.331.